The van der Waals surface area contributed by atoms with E-state index >= 15 is 0 Å². The van der Waals surface area contributed by atoms with Crippen molar-refractivity contribution in [2.45, 2.75) is 56.7 Å². The van der Waals surface area contributed by atoms with Crippen molar-refractivity contribution in [1.29, 1.82) is 0 Å². The molecule has 2 aliphatic heterocycles. The number of aromatic nitrogens is 1. The van der Waals surface area contributed by atoms with Gasteiger partial charge in [0.05, 0.1) is 7.11 Å². The maximum atomic E-state index is 13.8. The molecule has 0 bridgehead atoms. The zero-order chi connectivity index (χ0) is 21.8. The summed E-state index contributed by atoms with van der Waals surface area (Å²) in [7, 11) is 1.64. The van der Waals surface area contributed by atoms with E-state index < -0.39 is 6.04 Å². The van der Waals surface area contributed by atoms with Crippen LogP contribution in [0, 0.1) is 0 Å². The Morgan fingerprint density at radius 3 is 2.47 bits per heavy atom. The Morgan fingerprint density at radius 2 is 1.72 bits per heavy atom. The van der Waals surface area contributed by atoms with Crippen LogP contribution in [0.3, 0.4) is 0 Å². The predicted molar refractivity (Wildman–Crippen MR) is 122 cm³/mol. The molecule has 2 aromatic carbocycles. The highest BCUT2D eigenvalue weighted by molar-refractivity contribution is 6.06. The maximum Gasteiger partial charge on any atom is 0.328 e. The lowest BCUT2D eigenvalue weighted by Crippen LogP contribution is -2.44. The number of methoxy groups -OCH3 is 1. The fourth-order valence-corrected chi connectivity index (χ4v) is 5.90. The van der Waals surface area contributed by atoms with Gasteiger partial charge in [-0.25, -0.2) is 4.79 Å². The minimum absolute atomic E-state index is 0.0287. The smallest absolute Gasteiger partial charge is 0.328 e. The SMILES string of the molecule is COc1ccc([C@H]2c3[nH]c4ccccc4c3C[C@H]3C(=O)N(C4CCCCC4)C(=O)N23)cc1. The average Bonchev–Trinajstić information content (AvgIpc) is 3.33. The van der Waals surface area contributed by atoms with Gasteiger partial charge in [-0.05, 0) is 42.2 Å². The van der Waals surface area contributed by atoms with Crippen molar-refractivity contribution in [3.05, 3.63) is 65.4 Å². The van der Waals surface area contributed by atoms with Crippen LogP contribution in [0.4, 0.5) is 4.79 Å². The van der Waals surface area contributed by atoms with Gasteiger partial charge in [-0.1, -0.05) is 49.6 Å². The molecule has 1 aliphatic carbocycles. The average molecular weight is 430 g/mol. The zero-order valence-electron chi connectivity index (χ0n) is 18.2. The van der Waals surface area contributed by atoms with Gasteiger partial charge < -0.3 is 9.72 Å². The highest BCUT2D eigenvalue weighted by Gasteiger charge is 2.54. The van der Waals surface area contributed by atoms with E-state index in [1.807, 2.05) is 41.3 Å². The van der Waals surface area contributed by atoms with Crippen molar-refractivity contribution in [2.24, 2.45) is 0 Å². The number of carbonyl (C=O) groups excluding carboxylic acids is 2. The van der Waals surface area contributed by atoms with Crippen LogP contribution >= 0.6 is 0 Å². The second kappa shape index (κ2) is 7.40. The molecule has 1 saturated heterocycles. The zero-order valence-corrected chi connectivity index (χ0v) is 18.2. The van der Waals surface area contributed by atoms with Crippen LogP contribution in [0.2, 0.25) is 0 Å². The largest absolute Gasteiger partial charge is 0.497 e. The Bertz CT molecular complexity index is 1190. The van der Waals surface area contributed by atoms with Gasteiger partial charge in [-0.2, -0.15) is 0 Å². The third-order valence-electron chi connectivity index (χ3n) is 7.45. The Hall–Kier alpha value is -3.28. The van der Waals surface area contributed by atoms with Gasteiger partial charge >= 0.3 is 6.03 Å². The molecule has 6 nitrogen and oxygen atoms in total. The third-order valence-corrected chi connectivity index (χ3v) is 7.45. The molecule has 6 heteroatoms. The molecule has 2 fully saturated rings. The van der Waals surface area contributed by atoms with Crippen LogP contribution in [0.5, 0.6) is 5.75 Å². The summed E-state index contributed by atoms with van der Waals surface area (Å²) >= 11 is 0. The Kier molecular flexibility index (Phi) is 4.49. The van der Waals surface area contributed by atoms with Crippen molar-refractivity contribution in [1.82, 2.24) is 14.8 Å². The highest BCUT2D eigenvalue weighted by atomic mass is 16.5. The highest BCUT2D eigenvalue weighted by Crippen LogP contribution is 2.45. The molecule has 3 aliphatic rings. The molecular weight excluding hydrogens is 402 g/mol. The maximum absolute atomic E-state index is 13.8. The molecule has 3 aromatic rings. The van der Waals surface area contributed by atoms with Gasteiger partial charge in [-0.3, -0.25) is 14.6 Å². The van der Waals surface area contributed by atoms with E-state index in [1.165, 1.54) is 6.42 Å². The number of fused-ring (bicyclic) bond motifs is 4. The topological polar surface area (TPSA) is 65.6 Å². The first-order valence-electron chi connectivity index (χ1n) is 11.6. The van der Waals surface area contributed by atoms with E-state index in [0.717, 1.165) is 59.2 Å². The van der Waals surface area contributed by atoms with Crippen molar-refractivity contribution in [3.63, 3.8) is 0 Å². The lowest BCUT2D eigenvalue weighted by molar-refractivity contribution is -0.130. The fourth-order valence-electron chi connectivity index (χ4n) is 5.90. The van der Waals surface area contributed by atoms with Gasteiger partial charge in [0.2, 0.25) is 0 Å². The number of amides is 3. The molecule has 32 heavy (non-hydrogen) atoms. The number of hydrogen-bond acceptors (Lipinski definition) is 3. The minimum Gasteiger partial charge on any atom is -0.497 e. The standard InChI is InChI=1S/C26H27N3O3/c1-32-18-13-11-16(12-14-18)24-23-20(19-9-5-6-10-21(19)27-23)15-22-25(30)28(26(31)29(22)24)17-7-3-2-4-8-17/h5-6,9-14,17,22,24,27H,2-4,7-8,15H2,1H3/t22-,24-/m0/s1. The van der Waals surface area contributed by atoms with E-state index in [1.54, 1.807) is 12.0 Å². The van der Waals surface area contributed by atoms with Crippen molar-refractivity contribution >= 4 is 22.8 Å². The van der Waals surface area contributed by atoms with E-state index in [4.69, 9.17) is 4.74 Å². The van der Waals surface area contributed by atoms with Gasteiger partial charge in [0.1, 0.15) is 17.8 Å². The lowest BCUT2D eigenvalue weighted by atomic mass is 9.88. The number of benzene rings is 2. The summed E-state index contributed by atoms with van der Waals surface area (Å²) in [5.74, 6) is 0.738. The molecule has 2 atom stereocenters. The van der Waals surface area contributed by atoms with Crippen LogP contribution in [0.1, 0.15) is 55.0 Å². The van der Waals surface area contributed by atoms with E-state index in [0.29, 0.717) is 6.42 Å². The van der Waals surface area contributed by atoms with Crippen LogP contribution < -0.4 is 4.74 Å². The Morgan fingerprint density at radius 1 is 0.969 bits per heavy atom. The molecule has 164 valence electrons. The van der Waals surface area contributed by atoms with Crippen molar-refractivity contribution < 1.29 is 14.3 Å². The minimum atomic E-state index is -0.455. The first-order valence-corrected chi connectivity index (χ1v) is 11.6. The van der Waals surface area contributed by atoms with Gasteiger partial charge in [0.15, 0.2) is 0 Å². The van der Waals surface area contributed by atoms with E-state index in [2.05, 4.69) is 17.1 Å². The first kappa shape index (κ1) is 19.4. The van der Waals surface area contributed by atoms with Crippen LogP contribution in [-0.4, -0.2) is 45.9 Å². The van der Waals surface area contributed by atoms with Crippen molar-refractivity contribution in [3.8, 4) is 5.75 Å². The normalized spacial score (nSPS) is 23.5. The van der Waals surface area contributed by atoms with Crippen LogP contribution in [0.15, 0.2) is 48.5 Å². The molecule has 3 amide bonds. The number of carbonyl (C=O) groups is 2. The Balaban J connectivity index is 1.49. The van der Waals surface area contributed by atoms with Crippen LogP contribution in [0.25, 0.3) is 10.9 Å². The summed E-state index contributed by atoms with van der Waals surface area (Å²) in [5, 5.41) is 1.14. The molecule has 0 spiro atoms. The first-order chi connectivity index (χ1) is 15.7. The molecule has 1 saturated carbocycles. The summed E-state index contributed by atoms with van der Waals surface area (Å²) in [6.45, 7) is 0. The number of nitrogens with zero attached hydrogens (tertiary/aromatic N) is 2. The summed E-state index contributed by atoms with van der Waals surface area (Å²) in [4.78, 5) is 34.4. The number of aromatic amines is 1. The number of hydrogen-bond donors (Lipinski definition) is 1. The molecule has 6 rings (SSSR count). The van der Waals surface area contributed by atoms with E-state index in [-0.39, 0.29) is 24.0 Å². The van der Waals surface area contributed by atoms with Crippen LogP contribution in [-0.2, 0) is 11.2 Å². The summed E-state index contributed by atoms with van der Waals surface area (Å²) in [6, 6.07) is 15.1. The van der Waals surface area contributed by atoms with E-state index in [9.17, 15) is 9.59 Å². The number of rotatable bonds is 3. The third kappa shape index (κ3) is 2.78. The number of imide groups is 1. The molecular formula is C26H27N3O3. The predicted octanol–water partition coefficient (Wildman–Crippen LogP) is 4.79. The molecule has 0 unspecified atom stereocenters. The monoisotopic (exact) mass is 429 g/mol. The number of urea groups is 1. The number of nitrogens with one attached hydrogen (secondary N) is 1. The molecule has 1 aromatic heterocycles. The second-order valence-corrected chi connectivity index (χ2v) is 9.15. The quantitative estimate of drug-likeness (QED) is 0.609. The fraction of sp³-hybridized carbons (Fsp3) is 0.385. The second-order valence-electron chi connectivity index (χ2n) is 9.15. The van der Waals surface area contributed by atoms with Gasteiger partial charge in [0.25, 0.3) is 5.91 Å². The summed E-state index contributed by atoms with van der Waals surface area (Å²) in [6.07, 6.45) is 5.74. The van der Waals surface area contributed by atoms with Crippen molar-refractivity contribution in [2.75, 3.05) is 7.11 Å². The van der Waals surface area contributed by atoms with Gasteiger partial charge in [0, 0.05) is 29.1 Å². The Labute approximate surface area is 187 Å². The number of ether oxygens (including phenoxy) is 1. The summed E-state index contributed by atoms with van der Waals surface area (Å²) in [5.41, 5.74) is 4.18. The molecule has 1 N–H and O–H groups in total. The number of H-pyrrole nitrogens is 1. The number of para-hydroxylation sites is 1. The van der Waals surface area contributed by atoms with Gasteiger partial charge in [-0.15, -0.1) is 0 Å². The summed E-state index contributed by atoms with van der Waals surface area (Å²) < 4.78 is 5.34. The molecule has 0 radical (unpaired) electrons. The lowest BCUT2D eigenvalue weighted by Gasteiger charge is -2.36. The molecule has 3 heterocycles.